The molecule has 5 nitrogen and oxygen atoms in total. The molecule has 0 unspecified atom stereocenters. The zero-order chi connectivity index (χ0) is 15.8. The molecule has 1 heterocycles. The van der Waals surface area contributed by atoms with Crippen LogP contribution in [-0.4, -0.2) is 23.3 Å². The minimum absolute atomic E-state index is 0.0681. The average molecular weight is 298 g/mol. The van der Waals surface area contributed by atoms with Crippen molar-refractivity contribution in [3.05, 3.63) is 59.9 Å². The van der Waals surface area contributed by atoms with Crippen LogP contribution in [0.2, 0.25) is 0 Å². The standard InChI is InChI=1S/C17H18N2O3/c1-2-16(20)14-5-7-15(8-6-14)22-12-17(21)19-11-13-4-3-9-18-10-13/h3-10H,2,11-12H2,1H3,(H,19,21). The molecule has 1 N–H and O–H groups in total. The predicted molar refractivity (Wildman–Crippen MR) is 82.6 cm³/mol. The minimum atomic E-state index is -0.211. The molecule has 2 aromatic rings. The first-order valence-electron chi connectivity index (χ1n) is 7.10. The zero-order valence-electron chi connectivity index (χ0n) is 12.4. The molecule has 114 valence electrons. The first-order chi connectivity index (χ1) is 10.7. The summed E-state index contributed by atoms with van der Waals surface area (Å²) in [6.07, 6.45) is 3.85. The number of aromatic nitrogens is 1. The van der Waals surface area contributed by atoms with Crippen LogP contribution in [0.4, 0.5) is 0 Å². The van der Waals surface area contributed by atoms with Gasteiger partial charge in [0.05, 0.1) is 0 Å². The fraction of sp³-hybridized carbons (Fsp3) is 0.235. The Bertz CT molecular complexity index is 624. The fourth-order valence-electron chi connectivity index (χ4n) is 1.84. The SMILES string of the molecule is CCC(=O)c1ccc(OCC(=O)NCc2cccnc2)cc1. The Kier molecular flexibility index (Phi) is 5.65. The molecule has 1 amide bonds. The summed E-state index contributed by atoms with van der Waals surface area (Å²) in [6.45, 7) is 2.17. The number of rotatable bonds is 7. The van der Waals surface area contributed by atoms with Crippen LogP contribution in [0.1, 0.15) is 29.3 Å². The van der Waals surface area contributed by atoms with Gasteiger partial charge >= 0.3 is 0 Å². The Morgan fingerprint density at radius 3 is 2.59 bits per heavy atom. The number of nitrogens with zero attached hydrogens (tertiary/aromatic N) is 1. The topological polar surface area (TPSA) is 68.3 Å². The van der Waals surface area contributed by atoms with E-state index >= 15 is 0 Å². The van der Waals surface area contributed by atoms with Gasteiger partial charge in [-0.25, -0.2) is 0 Å². The highest BCUT2D eigenvalue weighted by Gasteiger charge is 2.05. The molecule has 22 heavy (non-hydrogen) atoms. The van der Waals surface area contributed by atoms with Gasteiger partial charge in [-0.2, -0.15) is 0 Å². The highest BCUT2D eigenvalue weighted by atomic mass is 16.5. The Morgan fingerprint density at radius 2 is 1.95 bits per heavy atom. The van der Waals surface area contributed by atoms with Crippen LogP contribution in [0, 0.1) is 0 Å². The van der Waals surface area contributed by atoms with Crippen molar-refractivity contribution < 1.29 is 14.3 Å². The van der Waals surface area contributed by atoms with E-state index in [0.29, 0.717) is 24.3 Å². The van der Waals surface area contributed by atoms with Crippen molar-refractivity contribution in [3.63, 3.8) is 0 Å². The first kappa shape index (κ1) is 15.7. The van der Waals surface area contributed by atoms with E-state index in [1.807, 2.05) is 19.1 Å². The number of amides is 1. The quantitative estimate of drug-likeness (QED) is 0.797. The molecule has 0 fully saturated rings. The summed E-state index contributed by atoms with van der Waals surface area (Å²) in [4.78, 5) is 27.2. The Labute approximate surface area is 129 Å². The lowest BCUT2D eigenvalue weighted by molar-refractivity contribution is -0.123. The van der Waals surface area contributed by atoms with Gasteiger partial charge < -0.3 is 10.1 Å². The van der Waals surface area contributed by atoms with E-state index in [1.165, 1.54) is 0 Å². The van der Waals surface area contributed by atoms with Crippen LogP contribution in [0.5, 0.6) is 5.75 Å². The number of hydrogen-bond acceptors (Lipinski definition) is 4. The van der Waals surface area contributed by atoms with Crippen molar-refractivity contribution in [1.82, 2.24) is 10.3 Å². The maximum absolute atomic E-state index is 11.7. The van der Waals surface area contributed by atoms with E-state index in [9.17, 15) is 9.59 Å². The maximum atomic E-state index is 11.7. The summed E-state index contributed by atoms with van der Waals surface area (Å²) in [5, 5.41) is 2.75. The normalized spacial score (nSPS) is 10.0. The average Bonchev–Trinajstić information content (AvgIpc) is 2.58. The molecule has 0 atom stereocenters. The molecule has 2 rings (SSSR count). The van der Waals surface area contributed by atoms with Crippen molar-refractivity contribution in [2.45, 2.75) is 19.9 Å². The lowest BCUT2D eigenvalue weighted by atomic mass is 10.1. The van der Waals surface area contributed by atoms with Crippen LogP contribution in [0.15, 0.2) is 48.8 Å². The highest BCUT2D eigenvalue weighted by Crippen LogP contribution is 2.13. The van der Waals surface area contributed by atoms with Gasteiger partial charge in [-0.1, -0.05) is 13.0 Å². The lowest BCUT2D eigenvalue weighted by Crippen LogP contribution is -2.28. The van der Waals surface area contributed by atoms with E-state index in [-0.39, 0.29) is 18.3 Å². The summed E-state index contributed by atoms with van der Waals surface area (Å²) in [5.41, 5.74) is 1.58. The van der Waals surface area contributed by atoms with Crippen molar-refractivity contribution in [3.8, 4) is 5.75 Å². The number of hydrogen-bond donors (Lipinski definition) is 1. The van der Waals surface area contributed by atoms with Crippen molar-refractivity contribution in [2.24, 2.45) is 0 Å². The Morgan fingerprint density at radius 1 is 1.18 bits per heavy atom. The van der Waals surface area contributed by atoms with Crippen LogP contribution < -0.4 is 10.1 Å². The fourth-order valence-corrected chi connectivity index (χ4v) is 1.84. The van der Waals surface area contributed by atoms with Gasteiger partial charge in [-0.05, 0) is 35.9 Å². The van der Waals surface area contributed by atoms with Crippen LogP contribution >= 0.6 is 0 Å². The van der Waals surface area contributed by atoms with Crippen LogP contribution in [0.25, 0.3) is 0 Å². The second-order valence-electron chi connectivity index (χ2n) is 4.73. The van der Waals surface area contributed by atoms with Gasteiger partial charge in [0.25, 0.3) is 5.91 Å². The third kappa shape index (κ3) is 4.70. The molecule has 0 aliphatic heterocycles. The second kappa shape index (κ2) is 7.93. The molecular weight excluding hydrogens is 280 g/mol. The molecule has 0 aliphatic rings. The monoisotopic (exact) mass is 298 g/mol. The lowest BCUT2D eigenvalue weighted by Gasteiger charge is -2.08. The second-order valence-corrected chi connectivity index (χ2v) is 4.73. The molecule has 0 saturated heterocycles. The number of Topliss-reactive ketones (excluding diaryl/α,β-unsaturated/α-hetero) is 1. The van der Waals surface area contributed by atoms with E-state index in [0.717, 1.165) is 5.56 Å². The largest absolute Gasteiger partial charge is 0.484 e. The molecule has 1 aromatic carbocycles. The third-order valence-electron chi connectivity index (χ3n) is 3.08. The smallest absolute Gasteiger partial charge is 0.258 e. The molecule has 0 saturated carbocycles. The molecular formula is C17H18N2O3. The summed E-state index contributed by atoms with van der Waals surface area (Å²) >= 11 is 0. The van der Waals surface area contributed by atoms with Gasteiger partial charge in [0.15, 0.2) is 12.4 Å². The maximum Gasteiger partial charge on any atom is 0.258 e. The van der Waals surface area contributed by atoms with E-state index in [1.54, 1.807) is 36.7 Å². The van der Waals surface area contributed by atoms with Gasteiger partial charge in [-0.15, -0.1) is 0 Å². The van der Waals surface area contributed by atoms with E-state index in [4.69, 9.17) is 4.74 Å². The van der Waals surface area contributed by atoms with Gasteiger partial charge in [0.1, 0.15) is 5.75 Å². The molecule has 0 spiro atoms. The Hall–Kier alpha value is -2.69. The van der Waals surface area contributed by atoms with Crippen molar-refractivity contribution in [2.75, 3.05) is 6.61 Å². The molecule has 5 heteroatoms. The summed E-state index contributed by atoms with van der Waals surface area (Å²) in [6, 6.07) is 10.5. The van der Waals surface area contributed by atoms with Crippen LogP contribution in [-0.2, 0) is 11.3 Å². The third-order valence-corrected chi connectivity index (χ3v) is 3.08. The molecule has 0 bridgehead atoms. The van der Waals surface area contributed by atoms with Crippen molar-refractivity contribution >= 4 is 11.7 Å². The number of pyridine rings is 1. The van der Waals surface area contributed by atoms with E-state index < -0.39 is 0 Å². The highest BCUT2D eigenvalue weighted by molar-refractivity contribution is 5.95. The number of carbonyl (C=O) groups is 2. The Balaban J connectivity index is 1.77. The van der Waals surface area contributed by atoms with Crippen LogP contribution in [0.3, 0.4) is 0 Å². The number of ether oxygens (including phenoxy) is 1. The number of carbonyl (C=O) groups excluding carboxylic acids is 2. The van der Waals surface area contributed by atoms with Crippen molar-refractivity contribution in [1.29, 1.82) is 0 Å². The first-order valence-corrected chi connectivity index (χ1v) is 7.10. The van der Waals surface area contributed by atoms with E-state index in [2.05, 4.69) is 10.3 Å². The molecule has 0 radical (unpaired) electrons. The summed E-state index contributed by atoms with van der Waals surface area (Å²) in [7, 11) is 0. The van der Waals surface area contributed by atoms with Gasteiger partial charge in [0.2, 0.25) is 0 Å². The summed E-state index contributed by atoms with van der Waals surface area (Å²) < 4.78 is 5.39. The molecule has 0 aliphatic carbocycles. The zero-order valence-corrected chi connectivity index (χ0v) is 12.4. The summed E-state index contributed by atoms with van der Waals surface area (Å²) in [5.74, 6) is 0.433. The van der Waals surface area contributed by atoms with Gasteiger partial charge in [-0.3, -0.25) is 14.6 Å². The number of ketones is 1. The minimum Gasteiger partial charge on any atom is -0.484 e. The van der Waals surface area contributed by atoms with Gasteiger partial charge in [0, 0.05) is 30.9 Å². The number of benzene rings is 1. The predicted octanol–water partition coefficient (Wildman–Crippen LogP) is 2.37. The number of nitrogens with one attached hydrogen (secondary N) is 1. The molecule has 1 aromatic heterocycles.